The van der Waals surface area contributed by atoms with E-state index in [2.05, 4.69) is 55.8 Å². The zero-order chi connectivity index (χ0) is 13.7. The van der Waals surface area contributed by atoms with Gasteiger partial charge in [-0.3, -0.25) is 14.8 Å². The van der Waals surface area contributed by atoms with Crippen LogP contribution in [0.15, 0.2) is 22.9 Å². The second-order valence-electron chi connectivity index (χ2n) is 5.43. The molecule has 0 N–H and O–H groups in total. The Kier molecular flexibility index (Phi) is 5.76. The van der Waals surface area contributed by atoms with Crippen LogP contribution in [0.3, 0.4) is 0 Å². The van der Waals surface area contributed by atoms with E-state index in [-0.39, 0.29) is 0 Å². The summed E-state index contributed by atoms with van der Waals surface area (Å²) in [5.41, 5.74) is 1.29. The maximum Gasteiger partial charge on any atom is 0.0410 e. The molecule has 1 aliphatic rings. The minimum absolute atomic E-state index is 1.01. The topological polar surface area (TPSA) is 22.6 Å². The molecule has 0 atom stereocenters. The van der Waals surface area contributed by atoms with E-state index in [4.69, 9.17) is 0 Å². The monoisotopic (exact) mass is 326 g/mol. The van der Waals surface area contributed by atoms with Gasteiger partial charge in [0.1, 0.15) is 0 Å². The minimum atomic E-state index is 1.01. The van der Waals surface area contributed by atoms with Crippen LogP contribution in [0.1, 0.15) is 5.56 Å². The van der Waals surface area contributed by atoms with Gasteiger partial charge in [-0.1, -0.05) is 0 Å². The number of pyridine rings is 1. The maximum atomic E-state index is 4.22. The molecule has 1 fully saturated rings. The summed E-state index contributed by atoms with van der Waals surface area (Å²) in [5.74, 6) is 0. The summed E-state index contributed by atoms with van der Waals surface area (Å²) in [6.07, 6.45) is 3.80. The highest BCUT2D eigenvalue weighted by molar-refractivity contribution is 9.10. The number of aromatic nitrogens is 1. The molecule has 1 aromatic heterocycles. The Hall–Kier alpha value is -0.490. The molecule has 0 saturated carbocycles. The Balaban J connectivity index is 1.74. The Morgan fingerprint density at radius 3 is 2.47 bits per heavy atom. The van der Waals surface area contributed by atoms with Gasteiger partial charge >= 0.3 is 0 Å². The van der Waals surface area contributed by atoms with Crippen molar-refractivity contribution >= 4 is 15.9 Å². The number of piperazine rings is 1. The SMILES string of the molecule is CN(C)CCN1CCN(Cc2cncc(Br)c2)CC1. The molecule has 106 valence electrons. The van der Waals surface area contributed by atoms with Gasteiger partial charge in [0.2, 0.25) is 0 Å². The quantitative estimate of drug-likeness (QED) is 0.818. The van der Waals surface area contributed by atoms with Crippen molar-refractivity contribution in [3.8, 4) is 0 Å². The molecule has 0 aromatic carbocycles. The van der Waals surface area contributed by atoms with Gasteiger partial charge < -0.3 is 4.90 Å². The van der Waals surface area contributed by atoms with Crippen molar-refractivity contribution in [2.24, 2.45) is 0 Å². The molecule has 2 heterocycles. The van der Waals surface area contributed by atoms with Gasteiger partial charge in [-0.05, 0) is 41.7 Å². The first-order valence-corrected chi connectivity index (χ1v) is 7.61. The number of halogens is 1. The molecule has 1 aliphatic heterocycles. The molecule has 19 heavy (non-hydrogen) atoms. The summed E-state index contributed by atoms with van der Waals surface area (Å²) in [4.78, 5) is 11.5. The van der Waals surface area contributed by atoms with Crippen LogP contribution in [-0.4, -0.2) is 73.0 Å². The van der Waals surface area contributed by atoms with Crippen LogP contribution in [0.2, 0.25) is 0 Å². The number of nitrogens with zero attached hydrogens (tertiary/aromatic N) is 4. The third-order valence-corrected chi connectivity index (χ3v) is 3.93. The zero-order valence-electron chi connectivity index (χ0n) is 11.8. The number of rotatable bonds is 5. The van der Waals surface area contributed by atoms with Crippen LogP contribution in [0, 0.1) is 0 Å². The normalized spacial score (nSPS) is 18.1. The first-order valence-electron chi connectivity index (χ1n) is 6.82. The highest BCUT2D eigenvalue weighted by Gasteiger charge is 2.16. The molecule has 0 spiro atoms. The Bertz CT molecular complexity index is 389. The molecule has 1 saturated heterocycles. The number of likely N-dealkylation sites (N-methyl/N-ethyl adjacent to an activating group) is 1. The van der Waals surface area contributed by atoms with E-state index in [9.17, 15) is 0 Å². The van der Waals surface area contributed by atoms with Crippen molar-refractivity contribution < 1.29 is 0 Å². The van der Waals surface area contributed by atoms with Gasteiger partial charge in [-0.2, -0.15) is 0 Å². The van der Waals surface area contributed by atoms with Crippen molar-refractivity contribution in [1.82, 2.24) is 19.7 Å². The second-order valence-corrected chi connectivity index (χ2v) is 6.35. The molecular weight excluding hydrogens is 304 g/mol. The van der Waals surface area contributed by atoms with E-state index in [0.29, 0.717) is 0 Å². The Morgan fingerprint density at radius 1 is 1.16 bits per heavy atom. The maximum absolute atomic E-state index is 4.22. The van der Waals surface area contributed by atoms with Crippen LogP contribution in [0.5, 0.6) is 0 Å². The first-order chi connectivity index (χ1) is 9.13. The van der Waals surface area contributed by atoms with E-state index < -0.39 is 0 Å². The lowest BCUT2D eigenvalue weighted by Gasteiger charge is -2.35. The molecule has 2 rings (SSSR count). The van der Waals surface area contributed by atoms with Gasteiger partial charge in [-0.15, -0.1) is 0 Å². The Morgan fingerprint density at radius 2 is 1.84 bits per heavy atom. The Labute approximate surface area is 124 Å². The average Bonchev–Trinajstić information content (AvgIpc) is 2.38. The van der Waals surface area contributed by atoms with Gasteiger partial charge in [0.15, 0.2) is 0 Å². The molecule has 0 amide bonds. The van der Waals surface area contributed by atoms with Crippen LogP contribution in [0.4, 0.5) is 0 Å². The van der Waals surface area contributed by atoms with Gasteiger partial charge in [-0.25, -0.2) is 0 Å². The lowest BCUT2D eigenvalue weighted by molar-refractivity contribution is 0.120. The van der Waals surface area contributed by atoms with Crippen molar-refractivity contribution in [3.63, 3.8) is 0 Å². The molecule has 1 aromatic rings. The standard InChI is InChI=1S/C14H23BrN4/c1-17(2)3-4-18-5-7-19(8-6-18)12-13-9-14(15)11-16-10-13/h9-11H,3-8,12H2,1-2H3. The second kappa shape index (κ2) is 7.33. The van der Waals surface area contributed by atoms with Crippen molar-refractivity contribution in [3.05, 3.63) is 28.5 Å². The van der Waals surface area contributed by atoms with Crippen LogP contribution in [-0.2, 0) is 6.54 Å². The van der Waals surface area contributed by atoms with E-state index in [1.54, 1.807) is 0 Å². The predicted octanol–water partition coefficient (Wildman–Crippen LogP) is 1.52. The van der Waals surface area contributed by atoms with Gasteiger partial charge in [0.05, 0.1) is 0 Å². The summed E-state index contributed by atoms with van der Waals surface area (Å²) < 4.78 is 1.06. The van der Waals surface area contributed by atoms with Crippen LogP contribution >= 0.6 is 15.9 Å². The summed E-state index contributed by atoms with van der Waals surface area (Å²) >= 11 is 3.48. The third kappa shape index (κ3) is 5.18. The molecular formula is C14H23BrN4. The summed E-state index contributed by atoms with van der Waals surface area (Å²) in [7, 11) is 4.27. The summed E-state index contributed by atoms with van der Waals surface area (Å²) in [5, 5.41) is 0. The summed E-state index contributed by atoms with van der Waals surface area (Å²) in [6, 6.07) is 2.16. The van der Waals surface area contributed by atoms with E-state index >= 15 is 0 Å². The molecule has 0 bridgehead atoms. The fraction of sp³-hybridized carbons (Fsp3) is 0.643. The zero-order valence-corrected chi connectivity index (χ0v) is 13.4. The first kappa shape index (κ1) is 14.9. The number of hydrogen-bond acceptors (Lipinski definition) is 4. The molecule has 0 radical (unpaired) electrons. The lowest BCUT2D eigenvalue weighted by atomic mass is 10.2. The minimum Gasteiger partial charge on any atom is -0.308 e. The van der Waals surface area contributed by atoms with Gasteiger partial charge in [0, 0.05) is 62.7 Å². The van der Waals surface area contributed by atoms with Crippen molar-refractivity contribution in [1.29, 1.82) is 0 Å². The van der Waals surface area contributed by atoms with Gasteiger partial charge in [0.25, 0.3) is 0 Å². The molecule has 5 heteroatoms. The fourth-order valence-corrected chi connectivity index (χ4v) is 2.73. The third-order valence-electron chi connectivity index (χ3n) is 3.50. The van der Waals surface area contributed by atoms with E-state index in [0.717, 1.165) is 30.7 Å². The highest BCUT2D eigenvalue weighted by Crippen LogP contribution is 2.12. The van der Waals surface area contributed by atoms with Crippen LogP contribution < -0.4 is 0 Å². The summed E-state index contributed by atoms with van der Waals surface area (Å²) in [6.45, 7) is 7.99. The fourth-order valence-electron chi connectivity index (χ4n) is 2.31. The van der Waals surface area contributed by atoms with Crippen LogP contribution in [0.25, 0.3) is 0 Å². The number of hydrogen-bond donors (Lipinski definition) is 0. The van der Waals surface area contributed by atoms with Crippen molar-refractivity contribution in [2.75, 3.05) is 53.4 Å². The van der Waals surface area contributed by atoms with Crippen molar-refractivity contribution in [2.45, 2.75) is 6.54 Å². The lowest BCUT2D eigenvalue weighted by Crippen LogP contribution is -2.47. The van der Waals surface area contributed by atoms with E-state index in [1.165, 1.54) is 25.2 Å². The van der Waals surface area contributed by atoms with E-state index in [1.807, 2.05) is 12.4 Å². The average molecular weight is 327 g/mol. The largest absolute Gasteiger partial charge is 0.308 e. The molecule has 0 aliphatic carbocycles. The molecule has 4 nitrogen and oxygen atoms in total. The molecule has 0 unspecified atom stereocenters. The highest BCUT2D eigenvalue weighted by atomic mass is 79.9. The smallest absolute Gasteiger partial charge is 0.0410 e. The predicted molar refractivity (Wildman–Crippen MR) is 82.2 cm³/mol.